The van der Waals surface area contributed by atoms with E-state index in [0.29, 0.717) is 21.3 Å². The molecule has 154 valence electrons. The summed E-state index contributed by atoms with van der Waals surface area (Å²) in [6.07, 6.45) is 0.609. The SMILES string of the molecule is Cc1ccc(-c2noc(C(C)OC(=O)CCn3cnc4sccc4c3=O)n2)cc1F. The Morgan fingerprint density at radius 2 is 2.20 bits per heavy atom. The van der Waals surface area contributed by atoms with Gasteiger partial charge in [0.05, 0.1) is 18.1 Å². The summed E-state index contributed by atoms with van der Waals surface area (Å²) < 4.78 is 25.6. The molecule has 0 amide bonds. The topological polar surface area (TPSA) is 100 Å². The quantitative estimate of drug-likeness (QED) is 0.432. The number of thiophene rings is 1. The normalized spacial score (nSPS) is 12.2. The molecule has 0 N–H and O–H groups in total. The third kappa shape index (κ3) is 3.99. The van der Waals surface area contributed by atoms with Crippen molar-refractivity contribution in [2.75, 3.05) is 0 Å². The summed E-state index contributed by atoms with van der Waals surface area (Å²) >= 11 is 1.38. The molecule has 0 bridgehead atoms. The Kier molecular flexibility index (Phi) is 5.40. The van der Waals surface area contributed by atoms with Gasteiger partial charge >= 0.3 is 5.97 Å². The zero-order valence-corrected chi connectivity index (χ0v) is 17.0. The maximum absolute atomic E-state index is 13.7. The molecular formula is C20H17FN4O4S. The lowest BCUT2D eigenvalue weighted by molar-refractivity contribution is -0.150. The number of hydrogen-bond donors (Lipinski definition) is 0. The van der Waals surface area contributed by atoms with Crippen LogP contribution >= 0.6 is 11.3 Å². The smallest absolute Gasteiger partial charge is 0.308 e. The minimum absolute atomic E-state index is 0.0221. The highest BCUT2D eigenvalue weighted by Gasteiger charge is 2.20. The Labute approximate surface area is 173 Å². The van der Waals surface area contributed by atoms with Crippen molar-refractivity contribution < 1.29 is 18.4 Å². The highest BCUT2D eigenvalue weighted by molar-refractivity contribution is 7.16. The summed E-state index contributed by atoms with van der Waals surface area (Å²) in [5.41, 5.74) is 0.772. The molecule has 4 rings (SSSR count). The Balaban J connectivity index is 1.38. The molecule has 8 nitrogen and oxygen atoms in total. The monoisotopic (exact) mass is 428 g/mol. The first kappa shape index (κ1) is 19.9. The predicted molar refractivity (Wildman–Crippen MR) is 107 cm³/mol. The van der Waals surface area contributed by atoms with E-state index >= 15 is 0 Å². The van der Waals surface area contributed by atoms with Crippen LogP contribution in [-0.2, 0) is 16.1 Å². The number of ether oxygens (including phenoxy) is 1. The molecule has 3 heterocycles. The van der Waals surface area contributed by atoms with Gasteiger partial charge in [0.25, 0.3) is 11.4 Å². The first-order chi connectivity index (χ1) is 14.4. The van der Waals surface area contributed by atoms with Crippen molar-refractivity contribution >= 4 is 27.5 Å². The minimum atomic E-state index is -0.789. The van der Waals surface area contributed by atoms with Crippen LogP contribution in [-0.4, -0.2) is 25.7 Å². The number of rotatable bonds is 6. The largest absolute Gasteiger partial charge is 0.452 e. The predicted octanol–water partition coefficient (Wildman–Crippen LogP) is 3.65. The fourth-order valence-electron chi connectivity index (χ4n) is 2.82. The third-order valence-electron chi connectivity index (χ3n) is 4.54. The molecule has 0 fully saturated rings. The summed E-state index contributed by atoms with van der Waals surface area (Å²) in [5.74, 6) is -0.601. The molecule has 0 aliphatic heterocycles. The van der Waals surface area contributed by atoms with Gasteiger partial charge in [-0.3, -0.25) is 14.2 Å². The maximum atomic E-state index is 13.7. The highest BCUT2D eigenvalue weighted by atomic mass is 32.1. The Morgan fingerprint density at radius 1 is 1.37 bits per heavy atom. The molecule has 30 heavy (non-hydrogen) atoms. The van der Waals surface area contributed by atoms with Gasteiger partial charge in [-0.1, -0.05) is 17.3 Å². The zero-order valence-electron chi connectivity index (χ0n) is 16.2. The molecular weight excluding hydrogens is 411 g/mol. The number of benzene rings is 1. The molecule has 0 saturated heterocycles. The van der Waals surface area contributed by atoms with Crippen molar-refractivity contribution in [3.05, 3.63) is 63.6 Å². The van der Waals surface area contributed by atoms with Crippen LogP contribution in [0.25, 0.3) is 21.6 Å². The first-order valence-corrected chi connectivity index (χ1v) is 10.0. The van der Waals surface area contributed by atoms with Crippen LogP contribution < -0.4 is 5.56 Å². The van der Waals surface area contributed by atoms with Gasteiger partial charge in [0.1, 0.15) is 10.6 Å². The van der Waals surface area contributed by atoms with E-state index in [2.05, 4.69) is 15.1 Å². The third-order valence-corrected chi connectivity index (χ3v) is 5.36. The molecule has 0 radical (unpaired) electrons. The van der Waals surface area contributed by atoms with Crippen molar-refractivity contribution in [3.63, 3.8) is 0 Å². The standard InChI is InChI=1S/C20H17FN4O4S/c1-11-3-4-13(9-15(11)21)17-23-18(29-24-17)12(2)28-16(26)5-7-25-10-22-19-14(20(25)27)6-8-30-19/h3-4,6,8-10,12H,5,7H2,1-2H3. The Hall–Kier alpha value is -3.40. The molecule has 1 atom stereocenters. The lowest BCUT2D eigenvalue weighted by atomic mass is 10.1. The number of fused-ring (bicyclic) bond motifs is 1. The molecule has 4 aromatic rings. The molecule has 0 aliphatic rings. The second kappa shape index (κ2) is 8.15. The summed E-state index contributed by atoms with van der Waals surface area (Å²) in [6, 6.07) is 6.32. The number of hydrogen-bond acceptors (Lipinski definition) is 8. The van der Waals surface area contributed by atoms with Crippen LogP contribution in [0.3, 0.4) is 0 Å². The van der Waals surface area contributed by atoms with E-state index in [1.54, 1.807) is 37.4 Å². The van der Waals surface area contributed by atoms with Crippen LogP contribution in [0, 0.1) is 12.7 Å². The van der Waals surface area contributed by atoms with E-state index in [1.165, 1.54) is 28.3 Å². The average Bonchev–Trinajstić information content (AvgIpc) is 3.39. The lowest BCUT2D eigenvalue weighted by Crippen LogP contribution is -2.22. The number of halogens is 1. The molecule has 0 spiro atoms. The van der Waals surface area contributed by atoms with Crippen LogP contribution in [0.2, 0.25) is 0 Å². The molecule has 0 saturated carbocycles. The molecule has 3 aromatic heterocycles. The Morgan fingerprint density at radius 3 is 3.00 bits per heavy atom. The second-order valence-electron chi connectivity index (χ2n) is 6.68. The van der Waals surface area contributed by atoms with E-state index < -0.39 is 12.1 Å². The number of aromatic nitrogens is 4. The van der Waals surface area contributed by atoms with Gasteiger partial charge in [0.15, 0.2) is 6.10 Å². The first-order valence-electron chi connectivity index (χ1n) is 9.14. The fraction of sp³-hybridized carbons (Fsp3) is 0.250. The van der Waals surface area contributed by atoms with Crippen molar-refractivity contribution in [2.45, 2.75) is 32.9 Å². The fourth-order valence-corrected chi connectivity index (χ4v) is 3.54. The Bertz CT molecular complexity index is 1280. The number of nitrogens with zero attached hydrogens (tertiary/aromatic N) is 4. The van der Waals surface area contributed by atoms with E-state index in [9.17, 15) is 14.0 Å². The van der Waals surface area contributed by atoms with Gasteiger partial charge in [-0.2, -0.15) is 4.98 Å². The molecule has 10 heteroatoms. The molecule has 1 aromatic carbocycles. The second-order valence-corrected chi connectivity index (χ2v) is 7.58. The number of esters is 1. The minimum Gasteiger partial charge on any atom is -0.452 e. The number of carbonyl (C=O) groups excluding carboxylic acids is 1. The number of aryl methyl sites for hydroxylation is 2. The van der Waals surface area contributed by atoms with Crippen LogP contribution in [0.15, 0.2) is 45.3 Å². The summed E-state index contributed by atoms with van der Waals surface area (Å²) in [4.78, 5) is 33.6. The van der Waals surface area contributed by atoms with Gasteiger partial charge in [0, 0.05) is 12.1 Å². The van der Waals surface area contributed by atoms with Crippen molar-refractivity contribution in [1.82, 2.24) is 19.7 Å². The van der Waals surface area contributed by atoms with Gasteiger partial charge in [0.2, 0.25) is 5.82 Å². The van der Waals surface area contributed by atoms with Gasteiger partial charge in [-0.15, -0.1) is 11.3 Å². The van der Waals surface area contributed by atoms with Gasteiger partial charge in [-0.05, 0) is 36.9 Å². The number of carbonyl (C=O) groups is 1. The van der Waals surface area contributed by atoms with E-state index in [4.69, 9.17) is 9.26 Å². The van der Waals surface area contributed by atoms with Crippen molar-refractivity contribution in [2.24, 2.45) is 0 Å². The lowest BCUT2D eigenvalue weighted by Gasteiger charge is -2.09. The summed E-state index contributed by atoms with van der Waals surface area (Å²) in [6.45, 7) is 3.39. The summed E-state index contributed by atoms with van der Waals surface area (Å²) in [7, 11) is 0. The van der Waals surface area contributed by atoms with Gasteiger partial charge in [-0.25, -0.2) is 9.37 Å². The van der Waals surface area contributed by atoms with Crippen molar-refractivity contribution in [3.8, 4) is 11.4 Å². The maximum Gasteiger partial charge on any atom is 0.308 e. The average molecular weight is 428 g/mol. The van der Waals surface area contributed by atoms with E-state index in [0.717, 1.165) is 0 Å². The van der Waals surface area contributed by atoms with E-state index in [1.807, 2.05) is 0 Å². The van der Waals surface area contributed by atoms with Crippen molar-refractivity contribution in [1.29, 1.82) is 0 Å². The van der Waals surface area contributed by atoms with Gasteiger partial charge < -0.3 is 9.26 Å². The zero-order chi connectivity index (χ0) is 21.3. The molecule has 0 aliphatic carbocycles. The van der Waals surface area contributed by atoms with E-state index in [-0.39, 0.29) is 36.1 Å². The van der Waals surface area contributed by atoms with Crippen LogP contribution in [0.5, 0.6) is 0 Å². The molecule has 1 unspecified atom stereocenters. The summed E-state index contributed by atoms with van der Waals surface area (Å²) in [5, 5.41) is 6.14. The van der Waals surface area contributed by atoms with Crippen LogP contribution in [0.1, 0.15) is 30.9 Å². The van der Waals surface area contributed by atoms with Crippen LogP contribution in [0.4, 0.5) is 4.39 Å². The highest BCUT2D eigenvalue weighted by Crippen LogP contribution is 2.22.